The van der Waals surface area contributed by atoms with Gasteiger partial charge in [0.05, 0.1) is 24.1 Å². The number of pyridine rings is 1. The van der Waals surface area contributed by atoms with E-state index in [9.17, 15) is 5.11 Å². The number of hydrazine groups is 1. The van der Waals surface area contributed by atoms with Crippen molar-refractivity contribution in [1.29, 1.82) is 0 Å². The zero-order chi connectivity index (χ0) is 12.7. The smallest absolute Gasteiger partial charge is 0.0900 e. The molecule has 0 spiro atoms. The third-order valence-electron chi connectivity index (χ3n) is 2.30. The van der Waals surface area contributed by atoms with E-state index in [1.165, 1.54) is 0 Å². The quantitative estimate of drug-likeness (QED) is 0.452. The van der Waals surface area contributed by atoms with Crippen LogP contribution in [0.1, 0.15) is 5.69 Å². The summed E-state index contributed by atoms with van der Waals surface area (Å²) in [6, 6.07) is 3.67. The number of nitrogens with two attached hydrogens (primary N) is 1. The standard InChI is InChI=1S/C11H20N4O2/c1-15(7-11(16)8-17-2)6-10-5-9(14-12)3-4-13-10/h3-5,11,16H,6-8,12H2,1-2H3,(H,13,14). The molecule has 0 aromatic carbocycles. The maximum Gasteiger partial charge on any atom is 0.0900 e. The van der Waals surface area contributed by atoms with Crippen molar-refractivity contribution in [3.63, 3.8) is 0 Å². The molecule has 0 saturated heterocycles. The van der Waals surface area contributed by atoms with E-state index in [0.717, 1.165) is 11.4 Å². The van der Waals surface area contributed by atoms with Crippen LogP contribution >= 0.6 is 0 Å². The van der Waals surface area contributed by atoms with Gasteiger partial charge in [0.2, 0.25) is 0 Å². The van der Waals surface area contributed by atoms with Crippen LogP contribution < -0.4 is 11.3 Å². The van der Waals surface area contributed by atoms with Crippen LogP contribution in [0.15, 0.2) is 18.3 Å². The number of rotatable bonds is 7. The highest BCUT2D eigenvalue weighted by molar-refractivity contribution is 5.41. The highest BCUT2D eigenvalue weighted by Gasteiger charge is 2.08. The number of aliphatic hydroxyl groups excluding tert-OH is 1. The highest BCUT2D eigenvalue weighted by atomic mass is 16.5. The number of aromatic nitrogens is 1. The van der Waals surface area contributed by atoms with Gasteiger partial charge in [-0.05, 0) is 19.2 Å². The topological polar surface area (TPSA) is 83.6 Å². The van der Waals surface area contributed by atoms with Crippen molar-refractivity contribution in [2.24, 2.45) is 5.84 Å². The van der Waals surface area contributed by atoms with Crippen molar-refractivity contribution in [2.75, 3.05) is 32.7 Å². The van der Waals surface area contributed by atoms with E-state index in [4.69, 9.17) is 10.6 Å². The van der Waals surface area contributed by atoms with Gasteiger partial charge in [0.15, 0.2) is 0 Å². The van der Waals surface area contributed by atoms with E-state index in [-0.39, 0.29) is 0 Å². The molecule has 0 saturated carbocycles. The zero-order valence-electron chi connectivity index (χ0n) is 10.3. The van der Waals surface area contributed by atoms with Crippen molar-refractivity contribution in [2.45, 2.75) is 12.6 Å². The molecule has 4 N–H and O–H groups in total. The summed E-state index contributed by atoms with van der Waals surface area (Å²) in [4.78, 5) is 6.21. The summed E-state index contributed by atoms with van der Waals surface area (Å²) in [7, 11) is 3.49. The third-order valence-corrected chi connectivity index (χ3v) is 2.30. The molecule has 0 aliphatic rings. The number of ether oxygens (including phenoxy) is 1. The second-order valence-corrected chi connectivity index (χ2v) is 3.99. The fourth-order valence-corrected chi connectivity index (χ4v) is 1.60. The summed E-state index contributed by atoms with van der Waals surface area (Å²) in [5.74, 6) is 5.32. The maximum absolute atomic E-state index is 9.58. The Morgan fingerprint density at radius 3 is 3.06 bits per heavy atom. The Morgan fingerprint density at radius 2 is 2.41 bits per heavy atom. The van der Waals surface area contributed by atoms with Crippen molar-refractivity contribution in [3.05, 3.63) is 24.0 Å². The molecule has 1 aromatic heterocycles. The largest absolute Gasteiger partial charge is 0.389 e. The van der Waals surface area contributed by atoms with Gasteiger partial charge >= 0.3 is 0 Å². The van der Waals surface area contributed by atoms with Crippen LogP contribution in [0.2, 0.25) is 0 Å². The first-order valence-electron chi connectivity index (χ1n) is 5.42. The lowest BCUT2D eigenvalue weighted by molar-refractivity contribution is 0.0417. The van der Waals surface area contributed by atoms with E-state index in [2.05, 4.69) is 10.4 Å². The average Bonchev–Trinajstić information content (AvgIpc) is 2.29. The lowest BCUT2D eigenvalue weighted by Crippen LogP contribution is -2.31. The first-order valence-corrected chi connectivity index (χ1v) is 5.42. The summed E-state index contributed by atoms with van der Waals surface area (Å²) >= 11 is 0. The van der Waals surface area contributed by atoms with Gasteiger partial charge in [-0.3, -0.25) is 15.7 Å². The Bertz CT molecular complexity index is 335. The van der Waals surface area contributed by atoms with Crippen molar-refractivity contribution in [3.8, 4) is 0 Å². The van der Waals surface area contributed by atoms with Crippen molar-refractivity contribution < 1.29 is 9.84 Å². The monoisotopic (exact) mass is 240 g/mol. The van der Waals surface area contributed by atoms with Gasteiger partial charge in [0.1, 0.15) is 0 Å². The van der Waals surface area contributed by atoms with Crippen LogP contribution in [0, 0.1) is 0 Å². The molecule has 0 amide bonds. The van der Waals surface area contributed by atoms with Crippen LogP contribution in [0.5, 0.6) is 0 Å². The molecule has 0 fully saturated rings. The van der Waals surface area contributed by atoms with E-state index in [1.54, 1.807) is 19.4 Å². The predicted molar refractivity (Wildman–Crippen MR) is 66.3 cm³/mol. The Hall–Kier alpha value is -1.21. The van der Waals surface area contributed by atoms with Gasteiger partial charge in [0.25, 0.3) is 0 Å². The van der Waals surface area contributed by atoms with E-state index in [0.29, 0.717) is 19.7 Å². The zero-order valence-corrected chi connectivity index (χ0v) is 10.3. The minimum Gasteiger partial charge on any atom is -0.389 e. The molecule has 1 atom stereocenters. The molecule has 0 radical (unpaired) electrons. The van der Waals surface area contributed by atoms with Crippen LogP contribution in [-0.2, 0) is 11.3 Å². The molecule has 1 unspecified atom stereocenters. The minimum absolute atomic E-state index is 0.335. The summed E-state index contributed by atoms with van der Waals surface area (Å²) in [5.41, 5.74) is 4.29. The van der Waals surface area contributed by atoms with Gasteiger partial charge < -0.3 is 15.3 Å². The molecule has 0 aliphatic carbocycles. The normalized spacial score (nSPS) is 12.8. The number of anilines is 1. The number of nitrogens with one attached hydrogen (secondary N) is 1. The first kappa shape index (κ1) is 13.9. The van der Waals surface area contributed by atoms with Gasteiger partial charge in [-0.25, -0.2) is 0 Å². The summed E-state index contributed by atoms with van der Waals surface area (Å²) < 4.78 is 4.87. The Balaban J connectivity index is 2.46. The number of likely N-dealkylation sites (N-methyl/N-ethyl adjacent to an activating group) is 1. The highest BCUT2D eigenvalue weighted by Crippen LogP contribution is 2.08. The molecular weight excluding hydrogens is 220 g/mol. The maximum atomic E-state index is 9.58. The predicted octanol–water partition coefficient (Wildman–Crippen LogP) is -0.194. The number of nitrogen functional groups attached to an aromatic ring is 1. The Morgan fingerprint density at radius 1 is 1.65 bits per heavy atom. The van der Waals surface area contributed by atoms with Gasteiger partial charge in [0, 0.05) is 26.4 Å². The number of hydrogen-bond acceptors (Lipinski definition) is 6. The fourth-order valence-electron chi connectivity index (χ4n) is 1.60. The first-order chi connectivity index (χ1) is 8.15. The van der Waals surface area contributed by atoms with E-state index < -0.39 is 6.10 Å². The molecule has 1 heterocycles. The lowest BCUT2D eigenvalue weighted by atomic mass is 10.3. The van der Waals surface area contributed by atoms with Crippen LogP contribution in [0.3, 0.4) is 0 Å². The van der Waals surface area contributed by atoms with Crippen LogP contribution in [0.25, 0.3) is 0 Å². The number of nitrogens with zero attached hydrogens (tertiary/aromatic N) is 2. The summed E-state index contributed by atoms with van der Waals surface area (Å²) in [6.07, 6.45) is 1.21. The van der Waals surface area contributed by atoms with E-state index in [1.807, 2.05) is 18.0 Å². The summed E-state index contributed by atoms with van der Waals surface area (Å²) in [5, 5.41) is 9.58. The van der Waals surface area contributed by atoms with Gasteiger partial charge in [-0.15, -0.1) is 0 Å². The molecule has 17 heavy (non-hydrogen) atoms. The molecule has 6 nitrogen and oxygen atoms in total. The Kier molecular flexibility index (Phi) is 5.85. The fraction of sp³-hybridized carbons (Fsp3) is 0.545. The second kappa shape index (κ2) is 7.18. The molecule has 0 aliphatic heterocycles. The SMILES string of the molecule is COCC(O)CN(C)Cc1cc(NN)ccn1. The number of methoxy groups -OCH3 is 1. The van der Waals surface area contributed by atoms with Crippen LogP contribution in [-0.4, -0.2) is 48.4 Å². The molecule has 1 rings (SSSR count). The molecule has 96 valence electrons. The molecule has 1 aromatic rings. The Labute approximate surface area is 101 Å². The van der Waals surface area contributed by atoms with E-state index >= 15 is 0 Å². The molecule has 6 heteroatoms. The van der Waals surface area contributed by atoms with Gasteiger partial charge in [-0.2, -0.15) is 0 Å². The minimum atomic E-state index is -0.485. The average molecular weight is 240 g/mol. The van der Waals surface area contributed by atoms with Crippen molar-refractivity contribution in [1.82, 2.24) is 9.88 Å². The third kappa shape index (κ3) is 5.10. The van der Waals surface area contributed by atoms with Crippen molar-refractivity contribution >= 4 is 5.69 Å². The number of hydrogen-bond donors (Lipinski definition) is 3. The summed E-state index contributed by atoms with van der Waals surface area (Å²) in [6.45, 7) is 1.52. The second-order valence-electron chi connectivity index (χ2n) is 3.99. The molecule has 0 bridgehead atoms. The molecular formula is C11H20N4O2. The van der Waals surface area contributed by atoms with Crippen LogP contribution in [0.4, 0.5) is 5.69 Å². The lowest BCUT2D eigenvalue weighted by Gasteiger charge is -2.19. The number of aliphatic hydroxyl groups is 1. The van der Waals surface area contributed by atoms with Gasteiger partial charge in [-0.1, -0.05) is 0 Å².